The highest BCUT2D eigenvalue weighted by atomic mass is 16.5. The van der Waals surface area contributed by atoms with E-state index in [0.29, 0.717) is 29.2 Å². The molecule has 1 heterocycles. The maximum atomic E-state index is 11.8. The smallest absolute Gasteiger partial charge is 0.274 e. The van der Waals surface area contributed by atoms with Crippen LogP contribution in [0.4, 0.5) is 0 Å². The molecule has 0 fully saturated rings. The Kier molecular flexibility index (Phi) is 5.19. The van der Waals surface area contributed by atoms with Gasteiger partial charge in [-0.05, 0) is 31.5 Å². The minimum Gasteiger partial charge on any atom is -0.507 e. The van der Waals surface area contributed by atoms with Crippen LogP contribution in [0.5, 0.6) is 11.5 Å². The Morgan fingerprint density at radius 2 is 2.27 bits per heavy atom. The van der Waals surface area contributed by atoms with E-state index in [9.17, 15) is 9.90 Å². The first-order valence-electron chi connectivity index (χ1n) is 6.95. The van der Waals surface area contributed by atoms with Crippen molar-refractivity contribution in [3.05, 3.63) is 47.4 Å². The summed E-state index contributed by atoms with van der Waals surface area (Å²) in [7, 11) is 0. The van der Waals surface area contributed by atoms with Gasteiger partial charge in [0.15, 0.2) is 0 Å². The van der Waals surface area contributed by atoms with Crippen LogP contribution in [0.3, 0.4) is 0 Å². The zero-order valence-corrected chi connectivity index (χ0v) is 12.5. The number of hydrogen-bond donors (Lipinski definition) is 2. The van der Waals surface area contributed by atoms with Crippen molar-refractivity contribution in [2.75, 3.05) is 6.61 Å². The van der Waals surface area contributed by atoms with E-state index < -0.39 is 0 Å². The molecule has 0 saturated carbocycles. The molecular formula is C16H18N2O4. The molecule has 0 unspecified atom stereocenters. The summed E-state index contributed by atoms with van der Waals surface area (Å²) in [4.78, 5) is 11.8. The number of nitrogens with one attached hydrogen (secondary N) is 1. The summed E-state index contributed by atoms with van der Waals surface area (Å²) in [6.07, 6.45) is 3.70. The highest BCUT2D eigenvalue weighted by molar-refractivity contribution is 5.95. The Balaban J connectivity index is 1.98. The molecule has 0 aliphatic rings. The number of carbonyl (C=O) groups is 1. The zero-order valence-electron chi connectivity index (χ0n) is 12.5. The van der Waals surface area contributed by atoms with E-state index in [0.717, 1.165) is 6.42 Å². The van der Waals surface area contributed by atoms with Gasteiger partial charge in [-0.2, -0.15) is 5.10 Å². The zero-order chi connectivity index (χ0) is 15.9. The number of carbonyl (C=O) groups excluding carboxylic acids is 1. The van der Waals surface area contributed by atoms with E-state index >= 15 is 0 Å². The monoisotopic (exact) mass is 302 g/mol. The predicted molar refractivity (Wildman–Crippen MR) is 82.4 cm³/mol. The summed E-state index contributed by atoms with van der Waals surface area (Å²) in [5, 5.41) is 13.7. The van der Waals surface area contributed by atoms with Gasteiger partial charge in [-0.15, -0.1) is 0 Å². The van der Waals surface area contributed by atoms with E-state index in [1.807, 2.05) is 6.92 Å². The topological polar surface area (TPSA) is 84.1 Å². The number of aromatic hydroxyl groups is 1. The van der Waals surface area contributed by atoms with Gasteiger partial charge in [0, 0.05) is 11.6 Å². The van der Waals surface area contributed by atoms with Crippen molar-refractivity contribution in [3.8, 4) is 11.5 Å². The fraction of sp³-hybridized carbons (Fsp3) is 0.250. The first-order valence-corrected chi connectivity index (χ1v) is 6.95. The second kappa shape index (κ2) is 7.31. The van der Waals surface area contributed by atoms with E-state index in [1.54, 1.807) is 25.1 Å². The lowest BCUT2D eigenvalue weighted by atomic mass is 10.2. The molecule has 0 saturated heterocycles. The van der Waals surface area contributed by atoms with Gasteiger partial charge >= 0.3 is 0 Å². The van der Waals surface area contributed by atoms with Crippen molar-refractivity contribution in [2.45, 2.75) is 20.3 Å². The van der Waals surface area contributed by atoms with Gasteiger partial charge in [-0.25, -0.2) is 5.43 Å². The van der Waals surface area contributed by atoms with Crippen molar-refractivity contribution in [1.82, 2.24) is 5.43 Å². The molecule has 6 nitrogen and oxygen atoms in total. The molecule has 22 heavy (non-hydrogen) atoms. The van der Waals surface area contributed by atoms with Crippen molar-refractivity contribution >= 4 is 12.1 Å². The lowest BCUT2D eigenvalue weighted by Crippen LogP contribution is -2.17. The van der Waals surface area contributed by atoms with Crippen LogP contribution in [-0.2, 0) is 0 Å². The third-order valence-electron chi connectivity index (χ3n) is 2.95. The van der Waals surface area contributed by atoms with Crippen LogP contribution in [0.2, 0.25) is 0 Å². The van der Waals surface area contributed by atoms with Crippen LogP contribution in [-0.4, -0.2) is 23.8 Å². The van der Waals surface area contributed by atoms with Crippen molar-refractivity contribution in [2.24, 2.45) is 5.10 Å². The molecular weight excluding hydrogens is 284 g/mol. The number of furan rings is 1. The Morgan fingerprint density at radius 3 is 2.91 bits per heavy atom. The fourth-order valence-electron chi connectivity index (χ4n) is 1.78. The van der Waals surface area contributed by atoms with Gasteiger partial charge in [0.05, 0.1) is 24.6 Å². The lowest BCUT2D eigenvalue weighted by molar-refractivity contribution is 0.0953. The molecule has 6 heteroatoms. The van der Waals surface area contributed by atoms with Crippen LogP contribution in [0, 0.1) is 6.92 Å². The molecule has 0 aliphatic carbocycles. The largest absolute Gasteiger partial charge is 0.507 e. The Labute approximate surface area is 128 Å². The molecule has 1 aromatic heterocycles. The van der Waals surface area contributed by atoms with Gasteiger partial charge in [-0.1, -0.05) is 6.92 Å². The first kappa shape index (κ1) is 15.6. The number of phenols is 1. The summed E-state index contributed by atoms with van der Waals surface area (Å²) in [5.74, 6) is 0.776. The number of rotatable bonds is 6. The third kappa shape index (κ3) is 3.88. The average Bonchev–Trinajstić information content (AvgIpc) is 2.93. The maximum absolute atomic E-state index is 11.8. The second-order valence-corrected chi connectivity index (χ2v) is 4.66. The van der Waals surface area contributed by atoms with Gasteiger partial charge in [0.1, 0.15) is 17.3 Å². The number of nitrogens with zero attached hydrogens (tertiary/aromatic N) is 1. The molecule has 2 rings (SSSR count). The standard InChI is InChI=1S/C16H18N2O4/c1-3-7-22-13-5-4-12(15(19)9-13)10-17-18-16(20)14-6-8-21-11(14)2/h4-6,8-10,19H,3,7H2,1-2H3,(H,18,20)/b17-10+. The Hall–Kier alpha value is -2.76. The summed E-state index contributed by atoms with van der Waals surface area (Å²) in [5.41, 5.74) is 3.28. The molecule has 2 aromatic rings. The van der Waals surface area contributed by atoms with Gasteiger partial charge < -0.3 is 14.3 Å². The highest BCUT2D eigenvalue weighted by Crippen LogP contribution is 2.22. The van der Waals surface area contributed by atoms with Gasteiger partial charge in [0.2, 0.25) is 0 Å². The number of hydrogen-bond acceptors (Lipinski definition) is 5. The van der Waals surface area contributed by atoms with Crippen molar-refractivity contribution < 1.29 is 19.1 Å². The van der Waals surface area contributed by atoms with Crippen LogP contribution < -0.4 is 10.2 Å². The Morgan fingerprint density at radius 1 is 1.45 bits per heavy atom. The second-order valence-electron chi connectivity index (χ2n) is 4.66. The normalized spacial score (nSPS) is 10.8. The summed E-state index contributed by atoms with van der Waals surface area (Å²) >= 11 is 0. The molecule has 116 valence electrons. The van der Waals surface area contributed by atoms with E-state index in [1.165, 1.54) is 18.5 Å². The van der Waals surface area contributed by atoms with Crippen molar-refractivity contribution in [3.63, 3.8) is 0 Å². The van der Waals surface area contributed by atoms with E-state index in [4.69, 9.17) is 9.15 Å². The fourth-order valence-corrected chi connectivity index (χ4v) is 1.78. The SMILES string of the molecule is CCCOc1ccc(/C=N/NC(=O)c2ccoc2C)c(O)c1. The first-order chi connectivity index (χ1) is 10.6. The minimum atomic E-state index is -0.370. The lowest BCUT2D eigenvalue weighted by Gasteiger charge is -2.06. The number of benzene rings is 1. The predicted octanol–water partition coefficient (Wildman–Crippen LogP) is 2.85. The highest BCUT2D eigenvalue weighted by Gasteiger charge is 2.10. The quantitative estimate of drug-likeness (QED) is 0.635. The van der Waals surface area contributed by atoms with E-state index in [2.05, 4.69) is 10.5 Å². The summed E-state index contributed by atoms with van der Waals surface area (Å²) < 4.78 is 10.5. The molecule has 0 radical (unpaired) electrons. The van der Waals surface area contributed by atoms with Crippen molar-refractivity contribution in [1.29, 1.82) is 0 Å². The number of hydrazone groups is 1. The number of amides is 1. The average molecular weight is 302 g/mol. The maximum Gasteiger partial charge on any atom is 0.274 e. The van der Waals surface area contributed by atoms with Crippen LogP contribution in [0.15, 0.2) is 40.0 Å². The molecule has 1 aromatic carbocycles. The molecule has 0 atom stereocenters. The van der Waals surface area contributed by atoms with Crippen LogP contribution in [0.25, 0.3) is 0 Å². The van der Waals surface area contributed by atoms with Crippen LogP contribution >= 0.6 is 0 Å². The molecule has 0 bridgehead atoms. The Bertz CT molecular complexity index is 677. The third-order valence-corrected chi connectivity index (χ3v) is 2.95. The molecule has 0 spiro atoms. The van der Waals surface area contributed by atoms with E-state index in [-0.39, 0.29) is 11.7 Å². The molecule has 1 amide bonds. The van der Waals surface area contributed by atoms with Crippen LogP contribution in [0.1, 0.15) is 35.0 Å². The summed E-state index contributed by atoms with van der Waals surface area (Å²) in [6, 6.07) is 6.48. The number of aryl methyl sites for hydroxylation is 1. The minimum absolute atomic E-state index is 0.0334. The van der Waals surface area contributed by atoms with Gasteiger partial charge in [-0.3, -0.25) is 4.79 Å². The molecule has 0 aliphatic heterocycles. The number of ether oxygens (including phenoxy) is 1. The van der Waals surface area contributed by atoms with Gasteiger partial charge in [0.25, 0.3) is 5.91 Å². The molecule has 2 N–H and O–H groups in total. The summed E-state index contributed by atoms with van der Waals surface area (Å²) in [6.45, 7) is 4.29. The number of phenolic OH excluding ortho intramolecular Hbond substituents is 1.